The molecule has 38 heavy (non-hydrogen) atoms. The fraction of sp³-hybridized carbons (Fsp3) is 0.417. The number of hydrogen-bond acceptors (Lipinski definition) is 7. The summed E-state index contributed by atoms with van der Waals surface area (Å²) < 4.78 is 0. The molecule has 4 unspecified atom stereocenters. The Kier molecular flexibility index (Phi) is 9.38. The first-order chi connectivity index (χ1) is 18.0. The maximum atomic E-state index is 13.3. The number of rotatable bonds is 13. The van der Waals surface area contributed by atoms with Gasteiger partial charge in [0, 0.05) is 23.5 Å². The predicted molar refractivity (Wildman–Crippen MR) is 133 cm³/mol. The van der Waals surface area contributed by atoms with Crippen molar-refractivity contribution in [1.82, 2.24) is 26.3 Å². The van der Waals surface area contributed by atoms with Crippen LogP contribution in [0, 0.1) is 0 Å². The van der Waals surface area contributed by atoms with E-state index >= 15 is 0 Å². The Morgan fingerprint density at radius 3 is 2.26 bits per heavy atom. The van der Waals surface area contributed by atoms with Crippen molar-refractivity contribution in [1.29, 1.82) is 0 Å². The van der Waals surface area contributed by atoms with Crippen LogP contribution in [0.25, 0.3) is 10.9 Å². The highest BCUT2D eigenvalue weighted by Crippen LogP contribution is 2.19. The minimum absolute atomic E-state index is 0.0230. The van der Waals surface area contributed by atoms with Gasteiger partial charge in [-0.2, -0.15) is 0 Å². The number of fused-ring (bicyclic) bond motifs is 1. The summed E-state index contributed by atoms with van der Waals surface area (Å²) in [5, 5.41) is 29.4. The molecule has 0 radical (unpaired) electrons. The molecule has 4 amide bonds. The highest BCUT2D eigenvalue weighted by Gasteiger charge is 2.33. The van der Waals surface area contributed by atoms with Gasteiger partial charge >= 0.3 is 11.9 Å². The van der Waals surface area contributed by atoms with Gasteiger partial charge in [0.1, 0.15) is 18.1 Å². The summed E-state index contributed by atoms with van der Waals surface area (Å²) in [7, 11) is 0. The lowest BCUT2D eigenvalue weighted by atomic mass is 10.0. The lowest BCUT2D eigenvalue weighted by Gasteiger charge is -2.24. The van der Waals surface area contributed by atoms with Crippen molar-refractivity contribution >= 4 is 46.5 Å². The number of hydrogen-bond donors (Lipinski definition) is 8. The van der Waals surface area contributed by atoms with Gasteiger partial charge in [-0.3, -0.25) is 24.0 Å². The van der Waals surface area contributed by atoms with Crippen LogP contribution in [-0.2, 0) is 35.2 Å². The van der Waals surface area contributed by atoms with Gasteiger partial charge in [0.2, 0.25) is 23.6 Å². The Morgan fingerprint density at radius 1 is 0.947 bits per heavy atom. The summed E-state index contributed by atoms with van der Waals surface area (Å²) in [4.78, 5) is 76.0. The molecule has 14 heteroatoms. The zero-order valence-corrected chi connectivity index (χ0v) is 20.4. The number of carbonyl (C=O) groups is 6. The molecule has 4 atom stereocenters. The van der Waals surface area contributed by atoms with Crippen LogP contribution in [-0.4, -0.2) is 81.5 Å². The van der Waals surface area contributed by atoms with E-state index in [-0.39, 0.29) is 6.42 Å². The van der Waals surface area contributed by atoms with Gasteiger partial charge in [-0.1, -0.05) is 18.2 Å². The van der Waals surface area contributed by atoms with Gasteiger partial charge in [-0.25, -0.2) is 4.79 Å². The minimum Gasteiger partial charge on any atom is -0.481 e. The van der Waals surface area contributed by atoms with E-state index in [2.05, 4.69) is 20.9 Å². The number of amides is 4. The zero-order chi connectivity index (χ0) is 27.8. The number of H-pyrrole nitrogens is 1. The van der Waals surface area contributed by atoms with E-state index in [1.165, 1.54) is 0 Å². The average molecular weight is 531 g/mol. The molecule has 3 rings (SSSR count). The molecule has 2 heterocycles. The molecular formula is C24H30N6O8. The topological polar surface area (TPSA) is 233 Å². The largest absolute Gasteiger partial charge is 0.481 e. The lowest BCUT2D eigenvalue weighted by Crippen LogP contribution is -2.58. The first-order valence-electron chi connectivity index (χ1n) is 12.0. The van der Waals surface area contributed by atoms with Gasteiger partial charge in [-0.15, -0.1) is 0 Å². The summed E-state index contributed by atoms with van der Waals surface area (Å²) >= 11 is 0. The number of aromatic amines is 1. The van der Waals surface area contributed by atoms with Crippen molar-refractivity contribution in [2.75, 3.05) is 6.54 Å². The third-order valence-corrected chi connectivity index (χ3v) is 6.14. The van der Waals surface area contributed by atoms with E-state index in [9.17, 15) is 39.0 Å². The van der Waals surface area contributed by atoms with E-state index in [0.717, 1.165) is 17.3 Å². The molecule has 9 N–H and O–H groups in total. The predicted octanol–water partition coefficient (Wildman–Crippen LogP) is -1.65. The van der Waals surface area contributed by atoms with E-state index in [4.69, 9.17) is 5.73 Å². The summed E-state index contributed by atoms with van der Waals surface area (Å²) in [5.74, 6) is -6.41. The summed E-state index contributed by atoms with van der Waals surface area (Å²) in [6.07, 6.45) is 1.46. The number of aliphatic carboxylic acids is 2. The fourth-order valence-corrected chi connectivity index (χ4v) is 4.24. The zero-order valence-electron chi connectivity index (χ0n) is 20.4. The number of carboxylic acids is 2. The molecule has 14 nitrogen and oxygen atoms in total. The van der Waals surface area contributed by atoms with Crippen LogP contribution in [0.1, 0.15) is 31.2 Å². The van der Waals surface area contributed by atoms with Crippen LogP contribution in [0.15, 0.2) is 30.5 Å². The first-order valence-corrected chi connectivity index (χ1v) is 12.0. The minimum atomic E-state index is -1.72. The molecule has 0 spiro atoms. The van der Waals surface area contributed by atoms with E-state index in [0.29, 0.717) is 18.5 Å². The summed E-state index contributed by atoms with van der Waals surface area (Å²) in [5.41, 5.74) is 6.53. The van der Waals surface area contributed by atoms with E-state index in [1.807, 2.05) is 29.6 Å². The number of primary amides is 1. The second-order valence-electron chi connectivity index (χ2n) is 9.00. The van der Waals surface area contributed by atoms with Gasteiger partial charge in [-0.05, 0) is 31.0 Å². The third-order valence-electron chi connectivity index (χ3n) is 6.14. The number of nitrogens with one attached hydrogen (secondary N) is 5. The number of carboxylic acid groups (broad SMARTS) is 2. The van der Waals surface area contributed by atoms with Crippen LogP contribution in [0.5, 0.6) is 0 Å². The summed E-state index contributed by atoms with van der Waals surface area (Å²) in [6, 6.07) is 2.22. The number of para-hydroxylation sites is 1. The average Bonchev–Trinajstić information content (AvgIpc) is 3.53. The van der Waals surface area contributed by atoms with Crippen molar-refractivity contribution in [3.8, 4) is 0 Å². The van der Waals surface area contributed by atoms with Crippen molar-refractivity contribution in [2.45, 2.75) is 56.3 Å². The highest BCUT2D eigenvalue weighted by molar-refractivity contribution is 5.97. The second-order valence-corrected chi connectivity index (χ2v) is 9.00. The number of benzene rings is 1. The molecular weight excluding hydrogens is 500 g/mol. The summed E-state index contributed by atoms with van der Waals surface area (Å²) in [6.45, 7) is 0.647. The van der Waals surface area contributed by atoms with Crippen LogP contribution in [0.4, 0.5) is 0 Å². The van der Waals surface area contributed by atoms with Crippen molar-refractivity contribution in [3.05, 3.63) is 36.0 Å². The Bertz CT molecular complexity index is 1220. The van der Waals surface area contributed by atoms with Crippen molar-refractivity contribution < 1.29 is 39.0 Å². The number of carbonyl (C=O) groups excluding carboxylic acids is 4. The quantitative estimate of drug-likeness (QED) is 0.148. The van der Waals surface area contributed by atoms with Crippen LogP contribution < -0.4 is 27.0 Å². The third kappa shape index (κ3) is 7.52. The van der Waals surface area contributed by atoms with Gasteiger partial charge in [0.25, 0.3) is 0 Å². The Labute approximate surface area is 216 Å². The highest BCUT2D eigenvalue weighted by atomic mass is 16.4. The molecule has 1 aliphatic heterocycles. The van der Waals surface area contributed by atoms with Crippen molar-refractivity contribution in [3.63, 3.8) is 0 Å². The van der Waals surface area contributed by atoms with Crippen molar-refractivity contribution in [2.24, 2.45) is 5.73 Å². The van der Waals surface area contributed by atoms with Crippen LogP contribution in [0.3, 0.4) is 0 Å². The normalized spacial score (nSPS) is 17.2. The molecule has 0 aliphatic carbocycles. The lowest BCUT2D eigenvalue weighted by molar-refractivity contribution is -0.144. The maximum absolute atomic E-state index is 13.3. The van der Waals surface area contributed by atoms with Gasteiger partial charge in [0.15, 0.2) is 0 Å². The molecule has 2 aromatic rings. The fourth-order valence-electron chi connectivity index (χ4n) is 4.24. The molecule has 0 bridgehead atoms. The Hall–Kier alpha value is -4.46. The molecule has 1 fully saturated rings. The molecule has 1 aromatic carbocycles. The van der Waals surface area contributed by atoms with Gasteiger partial charge in [0.05, 0.1) is 18.9 Å². The van der Waals surface area contributed by atoms with Crippen LogP contribution >= 0.6 is 0 Å². The molecule has 1 aliphatic rings. The monoisotopic (exact) mass is 530 g/mol. The molecule has 204 valence electrons. The first kappa shape index (κ1) is 28.1. The van der Waals surface area contributed by atoms with Crippen LogP contribution in [0.2, 0.25) is 0 Å². The molecule has 1 saturated heterocycles. The Morgan fingerprint density at radius 2 is 1.63 bits per heavy atom. The number of aromatic nitrogens is 1. The standard InChI is InChI=1S/C24H30N6O8/c25-19(31)9-18(24(37)38)30-23(36)17(10-20(32)33)29-22(35)16(28-21(34)15-6-3-7-26-15)8-12-11-27-14-5-2-1-4-13(12)14/h1-2,4-5,11,15-18,26-27H,3,6-10H2,(H2,25,31)(H,28,34)(H,29,35)(H,30,36)(H,32,33)(H,37,38). The molecule has 0 saturated carbocycles. The smallest absolute Gasteiger partial charge is 0.326 e. The second kappa shape index (κ2) is 12.7. The maximum Gasteiger partial charge on any atom is 0.326 e. The van der Waals surface area contributed by atoms with Gasteiger partial charge < -0.3 is 42.2 Å². The SMILES string of the molecule is NC(=O)CC(NC(=O)C(CC(=O)O)NC(=O)C(Cc1c[nH]c2ccccc12)NC(=O)C1CCCN1)C(=O)O. The molecule has 1 aromatic heterocycles. The van der Waals surface area contributed by atoms with E-state index in [1.54, 1.807) is 6.20 Å². The van der Waals surface area contributed by atoms with E-state index < -0.39 is 72.6 Å². The number of nitrogens with two attached hydrogens (primary N) is 1. The Balaban J connectivity index is 1.82.